The highest BCUT2D eigenvalue weighted by Crippen LogP contribution is 2.27. The van der Waals surface area contributed by atoms with Gasteiger partial charge in [0.2, 0.25) is 0 Å². The van der Waals surface area contributed by atoms with E-state index in [0.717, 1.165) is 65.6 Å². The van der Waals surface area contributed by atoms with Crippen molar-refractivity contribution in [3.05, 3.63) is 101 Å². The average molecular weight is 761 g/mol. The summed E-state index contributed by atoms with van der Waals surface area (Å²) in [5, 5.41) is 11.3. The normalized spacial score (nSPS) is 15.9. The lowest BCUT2D eigenvalue weighted by Gasteiger charge is -2.27. The number of nitrogens with zero attached hydrogens (tertiary/aromatic N) is 4. The van der Waals surface area contributed by atoms with E-state index in [1.165, 1.54) is 22.3 Å². The van der Waals surface area contributed by atoms with Crippen LogP contribution in [0, 0.1) is 0 Å². The second-order valence-electron chi connectivity index (χ2n) is 10.2. The van der Waals surface area contributed by atoms with Crippen LogP contribution in [0.15, 0.2) is 69.1 Å². The summed E-state index contributed by atoms with van der Waals surface area (Å²) in [7, 11) is 0. The van der Waals surface area contributed by atoms with E-state index in [4.69, 9.17) is 56.4 Å². The molecule has 43 heavy (non-hydrogen) atoms. The molecule has 6 nitrogen and oxygen atoms in total. The summed E-state index contributed by atoms with van der Waals surface area (Å²) in [6.07, 6.45) is 1.79. The van der Waals surface area contributed by atoms with Gasteiger partial charge in [0.15, 0.2) is 10.3 Å². The van der Waals surface area contributed by atoms with E-state index in [2.05, 4.69) is 54.6 Å². The number of benzene rings is 3. The number of thioether (sulfide) groups is 2. The van der Waals surface area contributed by atoms with Crippen LogP contribution in [0.3, 0.4) is 0 Å². The third-order valence-corrected chi connectivity index (χ3v) is 11.0. The van der Waals surface area contributed by atoms with Crippen LogP contribution in [-0.4, -0.2) is 59.9 Å². The van der Waals surface area contributed by atoms with Gasteiger partial charge in [-0.2, -0.15) is 0 Å². The number of rotatable bonds is 10. The van der Waals surface area contributed by atoms with Crippen molar-refractivity contribution in [3.63, 3.8) is 0 Å². The molecular formula is C30H31BrCl4N6S2. The second kappa shape index (κ2) is 16.4. The van der Waals surface area contributed by atoms with Crippen molar-refractivity contribution in [2.24, 2.45) is 9.98 Å². The standard InChI is InChI=1S/C30H31BrCl4N6S2/c31-24-4-3-22(14-42-29-36-16-40(17-37-29)9-7-20-1-5-25(32)27(34)11-20)23(13-24)15-43-30-38-18-41(19-39-30)10-8-21-2-6-26(33)28(35)12-21/h1-6,11-13H,7-10,14-19H2,(H,36,37)(H,38,39). The Kier molecular flexibility index (Phi) is 12.7. The summed E-state index contributed by atoms with van der Waals surface area (Å²) in [6.45, 7) is 4.68. The molecule has 0 radical (unpaired) electrons. The fourth-order valence-corrected chi connectivity index (χ4v) is 7.33. The van der Waals surface area contributed by atoms with Gasteiger partial charge in [-0.05, 0) is 71.5 Å². The van der Waals surface area contributed by atoms with Gasteiger partial charge in [-0.1, -0.05) is 104 Å². The maximum atomic E-state index is 6.16. The Bertz CT molecular complexity index is 1490. The Balaban J connectivity index is 1.06. The predicted molar refractivity (Wildman–Crippen MR) is 191 cm³/mol. The van der Waals surface area contributed by atoms with Crippen molar-refractivity contribution in [3.8, 4) is 0 Å². The Morgan fingerprint density at radius 1 is 0.651 bits per heavy atom. The van der Waals surface area contributed by atoms with E-state index >= 15 is 0 Å². The van der Waals surface area contributed by atoms with Crippen LogP contribution in [0.4, 0.5) is 0 Å². The Morgan fingerprint density at radius 3 is 1.63 bits per heavy atom. The third-order valence-electron chi connectivity index (χ3n) is 7.03. The molecule has 0 aromatic heterocycles. The van der Waals surface area contributed by atoms with Gasteiger partial charge in [-0.25, -0.2) is 9.98 Å². The molecule has 0 fully saturated rings. The van der Waals surface area contributed by atoms with Gasteiger partial charge in [0.25, 0.3) is 0 Å². The van der Waals surface area contributed by atoms with Crippen molar-refractivity contribution in [1.82, 2.24) is 20.4 Å². The van der Waals surface area contributed by atoms with Crippen LogP contribution < -0.4 is 10.6 Å². The molecule has 0 atom stereocenters. The van der Waals surface area contributed by atoms with Gasteiger partial charge in [-0.15, -0.1) is 0 Å². The molecule has 228 valence electrons. The molecule has 2 N–H and O–H groups in total. The van der Waals surface area contributed by atoms with E-state index in [0.29, 0.717) is 33.4 Å². The molecule has 0 spiro atoms. The minimum absolute atomic E-state index is 0.586. The van der Waals surface area contributed by atoms with Gasteiger partial charge in [0, 0.05) is 29.1 Å². The van der Waals surface area contributed by atoms with Crippen LogP contribution in [0.5, 0.6) is 0 Å². The lowest BCUT2D eigenvalue weighted by Crippen LogP contribution is -2.42. The number of amidine groups is 2. The number of hydrogen-bond donors (Lipinski definition) is 2. The summed E-state index contributed by atoms with van der Waals surface area (Å²) >= 11 is 31.5. The first-order valence-corrected chi connectivity index (χ1v) is 18.0. The zero-order valence-corrected chi connectivity index (χ0v) is 29.5. The summed E-state index contributed by atoms with van der Waals surface area (Å²) in [5.41, 5.74) is 4.93. The molecule has 3 aromatic rings. The van der Waals surface area contributed by atoms with Crippen LogP contribution in [0.2, 0.25) is 20.1 Å². The monoisotopic (exact) mass is 758 g/mol. The molecule has 13 heteroatoms. The smallest absolute Gasteiger partial charge is 0.159 e. The molecule has 2 aliphatic heterocycles. The summed E-state index contributed by atoms with van der Waals surface area (Å²) in [4.78, 5) is 14.1. The van der Waals surface area contributed by atoms with Crippen molar-refractivity contribution in [2.45, 2.75) is 24.3 Å². The van der Waals surface area contributed by atoms with Gasteiger partial charge in [0.05, 0.1) is 46.8 Å². The van der Waals surface area contributed by atoms with Crippen LogP contribution in [0.1, 0.15) is 22.3 Å². The lowest BCUT2D eigenvalue weighted by molar-refractivity contribution is 0.270. The molecule has 2 heterocycles. The first-order valence-electron chi connectivity index (χ1n) is 13.7. The van der Waals surface area contributed by atoms with Crippen LogP contribution in [0.25, 0.3) is 0 Å². The fraction of sp³-hybridized carbons (Fsp3) is 0.333. The van der Waals surface area contributed by atoms with Gasteiger partial charge in [-0.3, -0.25) is 9.80 Å². The SMILES string of the molecule is Clc1ccc(CCN2CN=C(SCc3ccc(Br)cc3CSC3=NCN(CCc4ccc(Cl)c(Cl)c4)CN3)NC2)cc1Cl. The van der Waals surface area contributed by atoms with Crippen molar-refractivity contribution >= 4 is 96.2 Å². The van der Waals surface area contributed by atoms with E-state index in [1.54, 1.807) is 23.5 Å². The number of aliphatic imine (C=N–C) groups is 2. The first kappa shape index (κ1) is 33.2. The highest BCUT2D eigenvalue weighted by atomic mass is 79.9. The zero-order valence-electron chi connectivity index (χ0n) is 23.3. The molecule has 0 saturated heterocycles. The third kappa shape index (κ3) is 10.2. The molecular weight excluding hydrogens is 730 g/mol. The molecule has 0 unspecified atom stereocenters. The number of halogens is 5. The fourth-order valence-electron chi connectivity index (χ4n) is 4.52. The maximum absolute atomic E-state index is 6.16. The summed E-state index contributed by atoms with van der Waals surface area (Å²) in [5.74, 6) is 1.69. The maximum Gasteiger partial charge on any atom is 0.159 e. The Labute approximate surface area is 290 Å². The number of nitrogens with one attached hydrogen (secondary N) is 2. The Morgan fingerprint density at radius 2 is 1.16 bits per heavy atom. The van der Waals surface area contributed by atoms with E-state index < -0.39 is 0 Å². The average Bonchev–Trinajstić information content (AvgIpc) is 3.01. The minimum Gasteiger partial charge on any atom is -0.352 e. The lowest BCUT2D eigenvalue weighted by atomic mass is 10.1. The second-order valence-corrected chi connectivity index (χ2v) is 14.6. The van der Waals surface area contributed by atoms with Crippen molar-refractivity contribution in [1.29, 1.82) is 0 Å². The van der Waals surface area contributed by atoms with E-state index in [1.807, 2.05) is 36.4 Å². The molecule has 2 aliphatic rings. The minimum atomic E-state index is 0.586. The quantitative estimate of drug-likeness (QED) is 0.217. The zero-order chi connectivity index (χ0) is 30.2. The van der Waals surface area contributed by atoms with Gasteiger partial charge in [0.1, 0.15) is 0 Å². The van der Waals surface area contributed by atoms with E-state index in [9.17, 15) is 0 Å². The highest BCUT2D eigenvalue weighted by molar-refractivity contribution is 9.10. The molecule has 0 bridgehead atoms. The Hall–Kier alpha value is -1.14. The van der Waals surface area contributed by atoms with Crippen LogP contribution >= 0.6 is 85.9 Å². The van der Waals surface area contributed by atoms with Gasteiger partial charge < -0.3 is 10.6 Å². The topological polar surface area (TPSA) is 55.3 Å². The molecule has 5 rings (SSSR count). The van der Waals surface area contributed by atoms with E-state index in [-0.39, 0.29) is 0 Å². The van der Waals surface area contributed by atoms with Gasteiger partial charge >= 0.3 is 0 Å². The summed E-state index contributed by atoms with van der Waals surface area (Å²) < 4.78 is 1.08. The van der Waals surface area contributed by atoms with Crippen molar-refractivity contribution in [2.75, 3.05) is 39.8 Å². The first-order chi connectivity index (χ1) is 20.8. The van der Waals surface area contributed by atoms with Crippen molar-refractivity contribution < 1.29 is 0 Å². The highest BCUT2D eigenvalue weighted by Gasteiger charge is 2.16. The predicted octanol–water partition coefficient (Wildman–Crippen LogP) is 8.37. The largest absolute Gasteiger partial charge is 0.352 e. The van der Waals surface area contributed by atoms with Crippen LogP contribution in [-0.2, 0) is 24.3 Å². The number of hydrogen-bond acceptors (Lipinski definition) is 8. The molecule has 0 amide bonds. The molecule has 3 aromatic carbocycles. The summed E-state index contributed by atoms with van der Waals surface area (Å²) in [6, 6.07) is 18.1. The molecule has 0 aliphatic carbocycles. The molecule has 0 saturated carbocycles.